The lowest BCUT2D eigenvalue weighted by molar-refractivity contribution is 0.301. The van der Waals surface area contributed by atoms with E-state index in [0.29, 0.717) is 17.0 Å². The third kappa shape index (κ3) is 3.59. The molecule has 4 atom stereocenters. The number of nitrogens with one attached hydrogen (secondary N) is 1. The molecular weight excluding hydrogens is 278 g/mol. The molecule has 1 aromatic rings. The summed E-state index contributed by atoms with van der Waals surface area (Å²) in [6.07, 6.45) is 4.58. The summed E-state index contributed by atoms with van der Waals surface area (Å²) in [4.78, 5) is 0.856. The highest BCUT2D eigenvalue weighted by Gasteiger charge is 2.33. The first-order chi connectivity index (χ1) is 9.15. The van der Waals surface area contributed by atoms with E-state index in [1.54, 1.807) is 0 Å². The maximum Gasteiger partial charge on any atom is 0.0577 e. The zero-order valence-corrected chi connectivity index (χ0v) is 13.1. The van der Waals surface area contributed by atoms with Gasteiger partial charge in [-0.1, -0.05) is 31.0 Å². The Kier molecular flexibility index (Phi) is 5.43. The Morgan fingerprint density at radius 1 is 1.42 bits per heavy atom. The summed E-state index contributed by atoms with van der Waals surface area (Å²) in [6, 6.07) is 7.81. The van der Waals surface area contributed by atoms with Crippen molar-refractivity contribution in [2.24, 2.45) is 5.92 Å². The van der Waals surface area contributed by atoms with Gasteiger partial charge in [-0.3, -0.25) is 4.21 Å². The number of hydrogen-bond donors (Lipinski definition) is 1. The molecule has 0 aliphatic heterocycles. The third-order valence-electron chi connectivity index (χ3n) is 4.15. The van der Waals surface area contributed by atoms with Crippen molar-refractivity contribution >= 4 is 22.4 Å². The van der Waals surface area contributed by atoms with Crippen LogP contribution < -0.4 is 5.32 Å². The van der Waals surface area contributed by atoms with E-state index in [4.69, 9.17) is 11.6 Å². The Bertz CT molecular complexity index is 452. The van der Waals surface area contributed by atoms with Crippen LogP contribution in [0.1, 0.15) is 32.6 Å². The molecule has 0 bridgehead atoms. The van der Waals surface area contributed by atoms with Gasteiger partial charge in [-0.2, -0.15) is 0 Å². The highest BCUT2D eigenvalue weighted by atomic mass is 35.5. The molecule has 1 saturated carbocycles. The van der Waals surface area contributed by atoms with E-state index in [2.05, 4.69) is 12.2 Å². The van der Waals surface area contributed by atoms with Crippen LogP contribution in [0.2, 0.25) is 5.02 Å². The maximum absolute atomic E-state index is 12.8. The largest absolute Gasteiger partial charge is 0.316 e. The molecule has 1 fully saturated rings. The number of rotatable bonds is 4. The lowest BCUT2D eigenvalue weighted by Gasteiger charge is -2.35. The average molecular weight is 300 g/mol. The standard InChI is InChI=1S/C15H22ClNOS/c1-3-11-7-8-14(17-2)15(9-11)19(18)13-6-4-5-12(16)10-13/h4-6,10-11,14-15,17H,3,7-9H2,1-2H3. The highest BCUT2D eigenvalue weighted by molar-refractivity contribution is 7.85. The molecule has 19 heavy (non-hydrogen) atoms. The minimum absolute atomic E-state index is 0.196. The molecule has 0 saturated heterocycles. The molecule has 1 N–H and O–H groups in total. The number of benzene rings is 1. The van der Waals surface area contributed by atoms with Gasteiger partial charge in [0.05, 0.1) is 16.0 Å². The molecule has 0 amide bonds. The molecule has 1 aromatic carbocycles. The van der Waals surface area contributed by atoms with Crippen LogP contribution in [0, 0.1) is 5.92 Å². The van der Waals surface area contributed by atoms with Crippen LogP contribution >= 0.6 is 11.6 Å². The van der Waals surface area contributed by atoms with Crippen LogP contribution in [-0.4, -0.2) is 22.5 Å². The van der Waals surface area contributed by atoms with Crippen LogP contribution in [0.5, 0.6) is 0 Å². The van der Waals surface area contributed by atoms with Crippen LogP contribution in [0.4, 0.5) is 0 Å². The van der Waals surface area contributed by atoms with Gasteiger partial charge in [0.1, 0.15) is 0 Å². The summed E-state index contributed by atoms with van der Waals surface area (Å²) >= 11 is 6.00. The summed E-state index contributed by atoms with van der Waals surface area (Å²) in [6.45, 7) is 2.23. The maximum atomic E-state index is 12.8. The summed E-state index contributed by atoms with van der Waals surface area (Å²) in [7, 11) is 0.992. The second-order valence-electron chi connectivity index (χ2n) is 5.28. The minimum atomic E-state index is -0.979. The van der Waals surface area contributed by atoms with Crippen molar-refractivity contribution in [3.8, 4) is 0 Å². The lowest BCUT2D eigenvalue weighted by Crippen LogP contribution is -2.44. The van der Waals surface area contributed by atoms with Crippen molar-refractivity contribution in [1.29, 1.82) is 0 Å². The Morgan fingerprint density at radius 3 is 2.84 bits per heavy atom. The van der Waals surface area contributed by atoms with E-state index >= 15 is 0 Å². The predicted molar refractivity (Wildman–Crippen MR) is 82.1 cm³/mol. The van der Waals surface area contributed by atoms with Crippen molar-refractivity contribution in [2.45, 2.75) is 48.8 Å². The van der Waals surface area contributed by atoms with Gasteiger partial charge in [0.2, 0.25) is 0 Å². The Labute approximate surface area is 123 Å². The van der Waals surface area contributed by atoms with Crippen LogP contribution in [-0.2, 0) is 10.8 Å². The SMILES string of the molecule is CCC1CCC(NC)C(S(=O)c2cccc(Cl)c2)C1. The summed E-state index contributed by atoms with van der Waals surface area (Å²) in [5.74, 6) is 0.706. The van der Waals surface area contributed by atoms with E-state index in [1.165, 1.54) is 12.8 Å². The summed E-state index contributed by atoms with van der Waals surface area (Å²) in [5.41, 5.74) is 0. The van der Waals surface area contributed by atoms with Gasteiger partial charge in [0.25, 0.3) is 0 Å². The Hall–Kier alpha value is -0.380. The second-order valence-corrected chi connectivity index (χ2v) is 7.38. The number of halogens is 1. The predicted octanol–water partition coefficient (Wildman–Crippen LogP) is 3.61. The van der Waals surface area contributed by atoms with Gasteiger partial charge < -0.3 is 5.32 Å². The van der Waals surface area contributed by atoms with Crippen molar-refractivity contribution in [3.05, 3.63) is 29.3 Å². The molecule has 2 rings (SSSR count). The molecule has 4 unspecified atom stereocenters. The number of hydrogen-bond acceptors (Lipinski definition) is 2. The normalized spacial score (nSPS) is 29.1. The van der Waals surface area contributed by atoms with Crippen molar-refractivity contribution in [2.75, 3.05) is 7.05 Å². The Morgan fingerprint density at radius 2 is 2.21 bits per heavy atom. The molecule has 0 radical (unpaired) electrons. The van der Waals surface area contributed by atoms with Crippen molar-refractivity contribution < 1.29 is 4.21 Å². The van der Waals surface area contributed by atoms with Gasteiger partial charge >= 0.3 is 0 Å². The molecule has 0 aromatic heterocycles. The van der Waals surface area contributed by atoms with E-state index in [0.717, 1.165) is 17.7 Å². The monoisotopic (exact) mass is 299 g/mol. The fourth-order valence-electron chi connectivity index (χ4n) is 2.92. The first kappa shape index (κ1) is 15.0. The molecule has 1 aliphatic rings. The van der Waals surface area contributed by atoms with Gasteiger partial charge in [0.15, 0.2) is 0 Å². The first-order valence-electron chi connectivity index (χ1n) is 6.99. The third-order valence-corrected chi connectivity index (χ3v) is 6.18. The van der Waals surface area contributed by atoms with Gasteiger partial charge in [0, 0.05) is 16.0 Å². The van der Waals surface area contributed by atoms with Gasteiger partial charge in [-0.25, -0.2) is 0 Å². The van der Waals surface area contributed by atoms with Crippen LogP contribution in [0.15, 0.2) is 29.2 Å². The van der Waals surface area contributed by atoms with Crippen molar-refractivity contribution in [1.82, 2.24) is 5.32 Å². The highest BCUT2D eigenvalue weighted by Crippen LogP contribution is 2.32. The van der Waals surface area contributed by atoms with Gasteiger partial charge in [-0.15, -0.1) is 0 Å². The van der Waals surface area contributed by atoms with E-state index < -0.39 is 10.8 Å². The minimum Gasteiger partial charge on any atom is -0.316 e. The summed E-state index contributed by atoms with van der Waals surface area (Å²) < 4.78 is 12.8. The second kappa shape index (κ2) is 6.87. The first-order valence-corrected chi connectivity index (χ1v) is 8.58. The molecule has 4 heteroatoms. The van der Waals surface area contributed by atoms with Crippen LogP contribution in [0.25, 0.3) is 0 Å². The zero-order valence-electron chi connectivity index (χ0n) is 11.6. The molecule has 0 spiro atoms. The average Bonchev–Trinajstić information content (AvgIpc) is 2.45. The van der Waals surface area contributed by atoms with E-state index in [-0.39, 0.29) is 5.25 Å². The fourth-order valence-corrected chi connectivity index (χ4v) is 4.99. The lowest BCUT2D eigenvalue weighted by atomic mass is 9.84. The van der Waals surface area contributed by atoms with Crippen LogP contribution in [0.3, 0.4) is 0 Å². The van der Waals surface area contributed by atoms with E-state index in [9.17, 15) is 4.21 Å². The molecule has 2 nitrogen and oxygen atoms in total. The van der Waals surface area contributed by atoms with Crippen molar-refractivity contribution in [3.63, 3.8) is 0 Å². The zero-order chi connectivity index (χ0) is 13.8. The topological polar surface area (TPSA) is 29.1 Å². The molecular formula is C15H22ClNOS. The summed E-state index contributed by atoms with van der Waals surface area (Å²) in [5, 5.41) is 4.20. The van der Waals surface area contributed by atoms with E-state index in [1.807, 2.05) is 31.3 Å². The Balaban J connectivity index is 2.19. The smallest absolute Gasteiger partial charge is 0.0577 e. The fraction of sp³-hybridized carbons (Fsp3) is 0.600. The van der Waals surface area contributed by atoms with Gasteiger partial charge in [-0.05, 0) is 50.4 Å². The molecule has 0 heterocycles. The molecule has 106 valence electrons. The molecule has 1 aliphatic carbocycles. The quantitative estimate of drug-likeness (QED) is 0.920.